The van der Waals surface area contributed by atoms with Crippen LogP contribution in [-0.2, 0) is 0 Å². The number of hydrogen-bond donors (Lipinski definition) is 1. The van der Waals surface area contributed by atoms with Gasteiger partial charge in [-0.15, -0.1) is 0 Å². The Hall–Kier alpha value is 0.270. The average molecular weight is 242 g/mol. The molecule has 0 aromatic carbocycles. The second-order valence-corrected chi connectivity index (χ2v) is 6.69. The predicted molar refractivity (Wildman–Crippen MR) is 72.9 cm³/mol. The Morgan fingerprint density at radius 1 is 1.19 bits per heavy atom. The summed E-state index contributed by atoms with van der Waals surface area (Å²) in [7, 11) is 0. The lowest BCUT2D eigenvalue weighted by Crippen LogP contribution is -2.51. The number of nitrogens with two attached hydrogens (primary N) is 1. The van der Waals surface area contributed by atoms with Crippen molar-refractivity contribution in [3.8, 4) is 0 Å². The van der Waals surface area contributed by atoms with Gasteiger partial charge >= 0.3 is 0 Å². The first-order valence-electron chi connectivity index (χ1n) is 6.74. The van der Waals surface area contributed by atoms with Crippen LogP contribution in [0.15, 0.2) is 0 Å². The quantitative estimate of drug-likeness (QED) is 0.806. The third kappa shape index (κ3) is 2.93. The van der Waals surface area contributed by atoms with E-state index >= 15 is 0 Å². The van der Waals surface area contributed by atoms with Crippen molar-refractivity contribution in [1.29, 1.82) is 0 Å². The Labute approximate surface area is 104 Å². The van der Waals surface area contributed by atoms with Gasteiger partial charge in [0.15, 0.2) is 0 Å². The summed E-state index contributed by atoms with van der Waals surface area (Å²) in [6.07, 6.45) is 10.3. The molecule has 0 radical (unpaired) electrons. The minimum atomic E-state index is 0.450. The predicted octanol–water partition coefficient (Wildman–Crippen LogP) is 2.47. The maximum atomic E-state index is 6.04. The van der Waals surface area contributed by atoms with Crippen LogP contribution < -0.4 is 5.73 Å². The first-order valence-corrected chi connectivity index (χ1v) is 8.03. The fourth-order valence-electron chi connectivity index (χ4n) is 3.40. The van der Waals surface area contributed by atoms with Gasteiger partial charge in [0.25, 0.3) is 0 Å². The van der Waals surface area contributed by atoms with Gasteiger partial charge in [-0.05, 0) is 45.3 Å². The summed E-state index contributed by atoms with van der Waals surface area (Å²) in [5, 5.41) is 0.904. The topological polar surface area (TPSA) is 29.3 Å². The van der Waals surface area contributed by atoms with Crippen LogP contribution >= 0.6 is 11.8 Å². The number of rotatable bonds is 2. The molecule has 94 valence electrons. The Morgan fingerprint density at radius 2 is 2.00 bits per heavy atom. The third-order valence-corrected chi connectivity index (χ3v) is 5.46. The van der Waals surface area contributed by atoms with Gasteiger partial charge in [-0.25, -0.2) is 0 Å². The molecule has 1 saturated heterocycles. The van der Waals surface area contributed by atoms with Gasteiger partial charge in [0.05, 0.1) is 0 Å². The molecule has 4 atom stereocenters. The van der Waals surface area contributed by atoms with Crippen LogP contribution in [0.4, 0.5) is 0 Å². The van der Waals surface area contributed by atoms with E-state index in [0.717, 1.165) is 11.3 Å². The van der Waals surface area contributed by atoms with Crippen LogP contribution in [-0.4, -0.2) is 41.1 Å². The molecule has 1 aliphatic heterocycles. The molecule has 2 rings (SSSR count). The van der Waals surface area contributed by atoms with Crippen molar-refractivity contribution >= 4 is 11.8 Å². The standard InChI is InChI=1S/C13H26N2S/c1-10-8-11(14)6-7-15(10)12-4-3-5-13(9-12)16-2/h10-13H,3-9,14H2,1-2H3. The second-order valence-electron chi connectivity index (χ2n) is 5.55. The van der Waals surface area contributed by atoms with E-state index in [9.17, 15) is 0 Å². The molecule has 1 saturated carbocycles. The van der Waals surface area contributed by atoms with Gasteiger partial charge in [-0.2, -0.15) is 11.8 Å². The van der Waals surface area contributed by atoms with Crippen LogP contribution in [0, 0.1) is 0 Å². The van der Waals surface area contributed by atoms with Crippen molar-refractivity contribution in [3.05, 3.63) is 0 Å². The zero-order chi connectivity index (χ0) is 11.5. The molecule has 2 aliphatic rings. The van der Waals surface area contributed by atoms with Crippen molar-refractivity contribution in [2.75, 3.05) is 12.8 Å². The molecule has 16 heavy (non-hydrogen) atoms. The van der Waals surface area contributed by atoms with Gasteiger partial charge in [-0.1, -0.05) is 6.42 Å². The number of thioether (sulfide) groups is 1. The van der Waals surface area contributed by atoms with E-state index in [4.69, 9.17) is 5.73 Å². The SMILES string of the molecule is CSC1CCCC(N2CCC(N)CC2C)C1. The molecule has 2 fully saturated rings. The zero-order valence-electron chi connectivity index (χ0n) is 10.7. The molecule has 1 aliphatic carbocycles. The lowest BCUT2D eigenvalue weighted by molar-refractivity contribution is 0.0757. The molecule has 2 N–H and O–H groups in total. The minimum absolute atomic E-state index is 0.450. The molecule has 4 unspecified atom stereocenters. The number of hydrogen-bond acceptors (Lipinski definition) is 3. The Bertz CT molecular complexity index is 222. The lowest BCUT2D eigenvalue weighted by atomic mass is 9.89. The molecule has 0 aromatic rings. The summed E-state index contributed by atoms with van der Waals surface area (Å²) < 4.78 is 0. The summed E-state index contributed by atoms with van der Waals surface area (Å²) in [5.74, 6) is 0. The molecule has 0 amide bonds. The summed E-state index contributed by atoms with van der Waals surface area (Å²) in [6.45, 7) is 3.59. The van der Waals surface area contributed by atoms with E-state index in [-0.39, 0.29) is 0 Å². The maximum Gasteiger partial charge on any atom is 0.0109 e. The summed E-state index contributed by atoms with van der Waals surface area (Å²) in [4.78, 5) is 2.74. The van der Waals surface area contributed by atoms with Crippen LogP contribution in [0.1, 0.15) is 45.4 Å². The Morgan fingerprint density at radius 3 is 2.69 bits per heavy atom. The van der Waals surface area contributed by atoms with Gasteiger partial charge in [0, 0.05) is 29.9 Å². The van der Waals surface area contributed by atoms with E-state index in [2.05, 4.69) is 29.8 Å². The third-order valence-electron chi connectivity index (χ3n) is 4.37. The minimum Gasteiger partial charge on any atom is -0.328 e. The first kappa shape index (κ1) is 12.7. The van der Waals surface area contributed by atoms with E-state index in [0.29, 0.717) is 12.1 Å². The lowest BCUT2D eigenvalue weighted by Gasteiger charge is -2.44. The van der Waals surface area contributed by atoms with E-state index in [1.54, 1.807) is 0 Å². The molecule has 1 heterocycles. The van der Waals surface area contributed by atoms with Crippen LogP contribution in [0.2, 0.25) is 0 Å². The fraction of sp³-hybridized carbons (Fsp3) is 1.00. The fourth-order valence-corrected chi connectivity index (χ4v) is 4.22. The normalized spacial score (nSPS) is 42.2. The van der Waals surface area contributed by atoms with E-state index < -0.39 is 0 Å². The Balaban J connectivity index is 1.90. The smallest absolute Gasteiger partial charge is 0.0109 e. The first-order chi connectivity index (χ1) is 7.70. The molecule has 0 spiro atoms. The van der Waals surface area contributed by atoms with Gasteiger partial charge < -0.3 is 5.73 Å². The van der Waals surface area contributed by atoms with E-state index in [1.807, 2.05) is 0 Å². The second kappa shape index (κ2) is 5.74. The summed E-state index contributed by atoms with van der Waals surface area (Å²) >= 11 is 2.06. The van der Waals surface area contributed by atoms with Crippen molar-refractivity contribution in [2.24, 2.45) is 5.73 Å². The largest absolute Gasteiger partial charge is 0.328 e. The highest BCUT2D eigenvalue weighted by Crippen LogP contribution is 2.32. The number of piperidine rings is 1. The Kier molecular flexibility index (Phi) is 4.57. The number of nitrogens with zero attached hydrogens (tertiary/aromatic N) is 1. The molecule has 0 aromatic heterocycles. The summed E-state index contributed by atoms with van der Waals surface area (Å²) in [6, 6.07) is 1.99. The van der Waals surface area contributed by atoms with Gasteiger partial charge in [0.2, 0.25) is 0 Å². The van der Waals surface area contributed by atoms with Crippen molar-refractivity contribution in [2.45, 2.75) is 68.8 Å². The van der Waals surface area contributed by atoms with Crippen LogP contribution in [0.3, 0.4) is 0 Å². The van der Waals surface area contributed by atoms with E-state index in [1.165, 1.54) is 45.1 Å². The van der Waals surface area contributed by atoms with Crippen LogP contribution in [0.25, 0.3) is 0 Å². The highest BCUT2D eigenvalue weighted by molar-refractivity contribution is 7.99. The zero-order valence-corrected chi connectivity index (χ0v) is 11.5. The van der Waals surface area contributed by atoms with Gasteiger partial charge in [-0.3, -0.25) is 4.90 Å². The number of likely N-dealkylation sites (tertiary alicyclic amines) is 1. The molecule has 3 heteroatoms. The molecular weight excluding hydrogens is 216 g/mol. The van der Waals surface area contributed by atoms with Gasteiger partial charge in [0.1, 0.15) is 0 Å². The molecular formula is C13H26N2S. The monoisotopic (exact) mass is 242 g/mol. The molecule has 2 nitrogen and oxygen atoms in total. The van der Waals surface area contributed by atoms with Crippen molar-refractivity contribution < 1.29 is 0 Å². The summed E-state index contributed by atoms with van der Waals surface area (Å²) in [5.41, 5.74) is 6.04. The van der Waals surface area contributed by atoms with Crippen molar-refractivity contribution in [1.82, 2.24) is 4.90 Å². The van der Waals surface area contributed by atoms with Crippen LogP contribution in [0.5, 0.6) is 0 Å². The molecule has 0 bridgehead atoms. The van der Waals surface area contributed by atoms with Crippen molar-refractivity contribution in [3.63, 3.8) is 0 Å². The highest BCUT2D eigenvalue weighted by atomic mass is 32.2. The highest BCUT2D eigenvalue weighted by Gasteiger charge is 2.32. The maximum absolute atomic E-state index is 6.04. The average Bonchev–Trinajstić information content (AvgIpc) is 2.29.